The first kappa shape index (κ1) is 22.3. The molecule has 1 fully saturated rings. The molecule has 25 heavy (non-hydrogen) atoms. The zero-order chi connectivity index (χ0) is 18.7. The molecule has 4 atom stereocenters. The SMILES string of the molecule is O=C(O)CCCCCC[C@@H]1[C@@H](C(O)=CCCCCCCl)[C@H](O)C[C@@H]1O. The molecule has 0 unspecified atom stereocenters. The van der Waals surface area contributed by atoms with Crippen molar-refractivity contribution >= 4 is 17.6 Å². The first-order chi connectivity index (χ1) is 12.0. The number of hydrogen-bond donors (Lipinski definition) is 4. The Morgan fingerprint density at radius 1 is 0.960 bits per heavy atom. The van der Waals surface area contributed by atoms with Gasteiger partial charge in [0.05, 0.1) is 18.0 Å². The van der Waals surface area contributed by atoms with E-state index in [4.69, 9.17) is 16.7 Å². The van der Waals surface area contributed by atoms with E-state index in [-0.39, 0.29) is 24.0 Å². The van der Waals surface area contributed by atoms with Gasteiger partial charge >= 0.3 is 5.97 Å². The van der Waals surface area contributed by atoms with Crippen LogP contribution in [0, 0.1) is 11.8 Å². The minimum atomic E-state index is -0.768. The Hall–Kier alpha value is -0.780. The van der Waals surface area contributed by atoms with E-state index in [2.05, 4.69) is 0 Å². The van der Waals surface area contributed by atoms with Gasteiger partial charge in [0.1, 0.15) is 0 Å². The molecule has 146 valence electrons. The highest BCUT2D eigenvalue weighted by Crippen LogP contribution is 2.39. The highest BCUT2D eigenvalue weighted by molar-refractivity contribution is 6.17. The van der Waals surface area contributed by atoms with Crippen LogP contribution in [-0.2, 0) is 4.79 Å². The van der Waals surface area contributed by atoms with Crippen LogP contribution >= 0.6 is 11.6 Å². The molecule has 0 heterocycles. The molecule has 0 aromatic heterocycles. The van der Waals surface area contributed by atoms with Crippen LogP contribution in [0.5, 0.6) is 0 Å². The number of halogens is 1. The zero-order valence-corrected chi connectivity index (χ0v) is 15.7. The van der Waals surface area contributed by atoms with Gasteiger partial charge in [-0.2, -0.15) is 0 Å². The number of unbranched alkanes of at least 4 members (excludes halogenated alkanes) is 6. The van der Waals surface area contributed by atoms with Crippen LogP contribution in [0.4, 0.5) is 0 Å². The third-order valence-electron chi connectivity index (χ3n) is 5.06. The van der Waals surface area contributed by atoms with Crippen molar-refractivity contribution in [2.24, 2.45) is 11.8 Å². The number of alkyl halides is 1. The summed E-state index contributed by atoms with van der Waals surface area (Å²) in [6, 6.07) is 0. The summed E-state index contributed by atoms with van der Waals surface area (Å²) in [7, 11) is 0. The van der Waals surface area contributed by atoms with Gasteiger partial charge in [0, 0.05) is 24.6 Å². The summed E-state index contributed by atoms with van der Waals surface area (Å²) < 4.78 is 0. The third kappa shape index (κ3) is 8.43. The molecule has 0 amide bonds. The Bertz CT molecular complexity index is 413. The minimum absolute atomic E-state index is 0.131. The van der Waals surface area contributed by atoms with Crippen LogP contribution in [0.15, 0.2) is 11.8 Å². The number of carbonyl (C=O) groups is 1. The van der Waals surface area contributed by atoms with Gasteiger partial charge in [-0.25, -0.2) is 0 Å². The summed E-state index contributed by atoms with van der Waals surface area (Å²) in [5, 5.41) is 39.4. The van der Waals surface area contributed by atoms with Gasteiger partial charge < -0.3 is 20.4 Å². The van der Waals surface area contributed by atoms with Crippen molar-refractivity contribution < 1.29 is 25.2 Å². The molecule has 6 heteroatoms. The molecule has 4 N–H and O–H groups in total. The predicted octanol–water partition coefficient (Wildman–Crippen LogP) is 4.01. The average Bonchev–Trinajstić information content (AvgIpc) is 2.83. The molecular weight excluding hydrogens is 344 g/mol. The van der Waals surface area contributed by atoms with E-state index in [0.29, 0.717) is 18.7 Å². The van der Waals surface area contributed by atoms with E-state index in [0.717, 1.165) is 51.4 Å². The topological polar surface area (TPSA) is 98.0 Å². The van der Waals surface area contributed by atoms with Crippen molar-refractivity contribution in [3.05, 3.63) is 11.8 Å². The number of aliphatic carboxylic acids is 1. The highest BCUT2D eigenvalue weighted by Gasteiger charge is 2.43. The zero-order valence-electron chi connectivity index (χ0n) is 14.9. The van der Waals surface area contributed by atoms with Crippen molar-refractivity contribution in [2.75, 3.05) is 5.88 Å². The van der Waals surface area contributed by atoms with Crippen molar-refractivity contribution in [1.82, 2.24) is 0 Å². The van der Waals surface area contributed by atoms with Gasteiger partial charge in [0.25, 0.3) is 0 Å². The molecule has 0 saturated heterocycles. The molecular formula is C19H33ClO5. The average molecular weight is 377 g/mol. The maximum absolute atomic E-state index is 10.5. The number of allylic oxidation sites excluding steroid dienone is 1. The van der Waals surface area contributed by atoms with Gasteiger partial charge in [-0.1, -0.05) is 25.7 Å². The Kier molecular flexibility index (Phi) is 11.2. The molecule has 1 saturated carbocycles. The summed E-state index contributed by atoms with van der Waals surface area (Å²) in [4.78, 5) is 10.5. The fraction of sp³-hybridized carbons (Fsp3) is 0.842. The maximum atomic E-state index is 10.5. The summed E-state index contributed by atoms with van der Waals surface area (Å²) >= 11 is 5.64. The van der Waals surface area contributed by atoms with Crippen LogP contribution < -0.4 is 0 Å². The standard InChI is InChI=1S/C19H33ClO5/c20-12-8-4-3-6-10-15(21)19-14(16(22)13-17(19)23)9-5-1-2-7-11-18(24)25/h10,14,16-17,19,21-23H,1-9,11-13H2,(H,24,25)/t14-,16-,17+,19-/m0/s1. The Labute approximate surface area is 155 Å². The van der Waals surface area contributed by atoms with Crippen LogP contribution in [0.25, 0.3) is 0 Å². The number of aliphatic hydroxyl groups excluding tert-OH is 3. The number of rotatable bonds is 13. The number of aliphatic hydroxyl groups is 3. The monoisotopic (exact) mass is 376 g/mol. The van der Waals surface area contributed by atoms with E-state index in [1.54, 1.807) is 6.08 Å². The van der Waals surface area contributed by atoms with Gasteiger partial charge in [-0.15, -0.1) is 11.6 Å². The molecule has 0 aromatic rings. The molecule has 0 bridgehead atoms. The summed E-state index contributed by atoms with van der Waals surface area (Å²) in [5.41, 5.74) is 0. The largest absolute Gasteiger partial charge is 0.512 e. The second kappa shape index (κ2) is 12.6. The first-order valence-corrected chi connectivity index (χ1v) is 10.0. The summed E-state index contributed by atoms with van der Waals surface area (Å²) in [6.45, 7) is 0. The minimum Gasteiger partial charge on any atom is -0.512 e. The molecule has 1 aliphatic rings. The van der Waals surface area contributed by atoms with E-state index in [1.165, 1.54) is 0 Å². The van der Waals surface area contributed by atoms with Gasteiger partial charge in [0.15, 0.2) is 0 Å². The van der Waals surface area contributed by atoms with E-state index >= 15 is 0 Å². The van der Waals surface area contributed by atoms with Crippen LogP contribution in [0.1, 0.15) is 70.6 Å². The highest BCUT2D eigenvalue weighted by atomic mass is 35.5. The van der Waals surface area contributed by atoms with Gasteiger partial charge in [-0.05, 0) is 44.1 Å². The fourth-order valence-electron chi connectivity index (χ4n) is 3.69. The lowest BCUT2D eigenvalue weighted by Crippen LogP contribution is -2.24. The summed E-state index contributed by atoms with van der Waals surface area (Å²) in [5.74, 6) is -0.436. The van der Waals surface area contributed by atoms with Crippen molar-refractivity contribution in [3.8, 4) is 0 Å². The van der Waals surface area contributed by atoms with Crippen molar-refractivity contribution in [3.63, 3.8) is 0 Å². The Balaban J connectivity index is 2.41. The van der Waals surface area contributed by atoms with Crippen LogP contribution in [-0.4, -0.2) is 44.5 Å². The van der Waals surface area contributed by atoms with Crippen molar-refractivity contribution in [2.45, 2.75) is 82.8 Å². The quantitative estimate of drug-likeness (QED) is 0.221. The lowest BCUT2D eigenvalue weighted by Gasteiger charge is -2.23. The van der Waals surface area contributed by atoms with Crippen LogP contribution in [0.2, 0.25) is 0 Å². The second-order valence-electron chi connectivity index (χ2n) is 7.07. The molecule has 0 spiro atoms. The lowest BCUT2D eigenvalue weighted by atomic mass is 9.86. The third-order valence-corrected chi connectivity index (χ3v) is 5.33. The fourth-order valence-corrected chi connectivity index (χ4v) is 3.88. The Morgan fingerprint density at radius 2 is 1.64 bits per heavy atom. The normalized spacial score (nSPS) is 26.9. The van der Waals surface area contributed by atoms with Gasteiger partial charge in [-0.3, -0.25) is 4.79 Å². The Morgan fingerprint density at radius 3 is 2.32 bits per heavy atom. The van der Waals surface area contributed by atoms with E-state index in [9.17, 15) is 20.1 Å². The molecule has 0 radical (unpaired) electrons. The number of carboxylic acids is 1. The van der Waals surface area contributed by atoms with Crippen molar-refractivity contribution in [1.29, 1.82) is 0 Å². The number of carboxylic acid groups (broad SMARTS) is 1. The molecule has 1 aliphatic carbocycles. The predicted molar refractivity (Wildman–Crippen MR) is 98.8 cm³/mol. The molecule has 5 nitrogen and oxygen atoms in total. The van der Waals surface area contributed by atoms with E-state index in [1.807, 2.05) is 0 Å². The van der Waals surface area contributed by atoms with Gasteiger partial charge in [0.2, 0.25) is 0 Å². The lowest BCUT2D eigenvalue weighted by molar-refractivity contribution is -0.137. The number of hydrogen-bond acceptors (Lipinski definition) is 4. The molecule has 0 aromatic carbocycles. The maximum Gasteiger partial charge on any atom is 0.303 e. The van der Waals surface area contributed by atoms with Crippen LogP contribution in [0.3, 0.4) is 0 Å². The summed E-state index contributed by atoms with van der Waals surface area (Å²) in [6.07, 6.45) is 8.70. The smallest absolute Gasteiger partial charge is 0.303 e. The molecule has 0 aliphatic heterocycles. The van der Waals surface area contributed by atoms with E-state index < -0.39 is 18.2 Å². The first-order valence-electron chi connectivity index (χ1n) is 9.50. The second-order valence-corrected chi connectivity index (χ2v) is 7.45. The molecule has 1 rings (SSSR count).